The van der Waals surface area contributed by atoms with Crippen LogP contribution in [0.2, 0.25) is 0 Å². The van der Waals surface area contributed by atoms with E-state index in [1.54, 1.807) is 0 Å². The number of likely N-dealkylation sites (tertiary alicyclic amines) is 1. The maximum absolute atomic E-state index is 12.7. The van der Waals surface area contributed by atoms with Gasteiger partial charge in [0, 0.05) is 25.7 Å². The third-order valence-electron chi connectivity index (χ3n) is 5.32. The van der Waals surface area contributed by atoms with Crippen LogP contribution in [-0.4, -0.2) is 29.9 Å². The van der Waals surface area contributed by atoms with Crippen LogP contribution in [0.3, 0.4) is 0 Å². The van der Waals surface area contributed by atoms with E-state index in [2.05, 4.69) is 34.9 Å². The zero-order chi connectivity index (χ0) is 19.9. The second kappa shape index (κ2) is 9.40. The molecular weight excluding hydrogens is 350 g/mol. The summed E-state index contributed by atoms with van der Waals surface area (Å²) in [5, 5.41) is 5.86. The zero-order valence-corrected chi connectivity index (χ0v) is 16.7. The molecule has 1 unspecified atom stereocenters. The molecule has 1 saturated heterocycles. The van der Waals surface area contributed by atoms with Crippen molar-refractivity contribution in [3.05, 3.63) is 65.7 Å². The molecule has 1 aliphatic rings. The predicted octanol–water partition coefficient (Wildman–Crippen LogP) is 4.37. The van der Waals surface area contributed by atoms with Gasteiger partial charge in [-0.25, -0.2) is 4.79 Å². The first kappa shape index (κ1) is 19.9. The van der Waals surface area contributed by atoms with Crippen molar-refractivity contribution >= 4 is 17.6 Å². The molecule has 1 fully saturated rings. The molecule has 2 N–H and O–H groups in total. The number of carbonyl (C=O) groups is 2. The minimum absolute atomic E-state index is 0.0180. The van der Waals surface area contributed by atoms with E-state index in [9.17, 15) is 9.59 Å². The monoisotopic (exact) mass is 379 g/mol. The minimum atomic E-state index is -0.122. The molecule has 0 aliphatic carbocycles. The highest BCUT2D eigenvalue weighted by molar-refractivity contribution is 5.88. The molecule has 2 aromatic rings. The van der Waals surface area contributed by atoms with Gasteiger partial charge in [0.1, 0.15) is 0 Å². The molecule has 1 aliphatic heterocycles. The Morgan fingerprint density at radius 1 is 1.07 bits per heavy atom. The Morgan fingerprint density at radius 3 is 2.46 bits per heavy atom. The molecule has 0 bridgehead atoms. The van der Waals surface area contributed by atoms with E-state index in [0.717, 1.165) is 43.6 Å². The molecule has 3 amide bonds. The standard InChI is InChI=1S/C23H29N3O2/c1-17(21-9-6-10-22(16-21)25-18(2)27)24-23(28)26-13-11-20(12-14-26)15-19-7-4-3-5-8-19/h3-10,16-17,20H,11-15H2,1-2H3,(H,24,28)(H,25,27). The van der Waals surface area contributed by atoms with Crippen molar-refractivity contribution in [2.75, 3.05) is 18.4 Å². The number of hydrogen-bond donors (Lipinski definition) is 2. The highest BCUT2D eigenvalue weighted by atomic mass is 16.2. The Morgan fingerprint density at radius 2 is 1.79 bits per heavy atom. The second-order valence-electron chi connectivity index (χ2n) is 7.60. The maximum atomic E-state index is 12.7. The van der Waals surface area contributed by atoms with Crippen LogP contribution in [-0.2, 0) is 11.2 Å². The SMILES string of the molecule is CC(=O)Nc1cccc(C(C)NC(=O)N2CCC(Cc3ccccc3)CC2)c1. The van der Waals surface area contributed by atoms with Gasteiger partial charge in [-0.15, -0.1) is 0 Å². The van der Waals surface area contributed by atoms with E-state index < -0.39 is 0 Å². The fraction of sp³-hybridized carbons (Fsp3) is 0.391. The lowest BCUT2D eigenvalue weighted by molar-refractivity contribution is -0.114. The van der Waals surface area contributed by atoms with Crippen molar-refractivity contribution in [3.8, 4) is 0 Å². The van der Waals surface area contributed by atoms with Gasteiger partial charge >= 0.3 is 6.03 Å². The molecular formula is C23H29N3O2. The number of piperidine rings is 1. The van der Waals surface area contributed by atoms with Gasteiger partial charge < -0.3 is 15.5 Å². The van der Waals surface area contributed by atoms with Crippen LogP contribution < -0.4 is 10.6 Å². The van der Waals surface area contributed by atoms with Gasteiger partial charge in [0.2, 0.25) is 5.91 Å². The molecule has 3 rings (SSSR count). The average Bonchev–Trinajstić information content (AvgIpc) is 2.69. The summed E-state index contributed by atoms with van der Waals surface area (Å²) in [6, 6.07) is 18.0. The summed E-state index contributed by atoms with van der Waals surface area (Å²) in [5.41, 5.74) is 3.09. The molecule has 0 spiro atoms. The number of hydrogen-bond acceptors (Lipinski definition) is 2. The molecule has 0 radical (unpaired) electrons. The van der Waals surface area contributed by atoms with Gasteiger partial charge in [-0.2, -0.15) is 0 Å². The molecule has 5 heteroatoms. The third kappa shape index (κ3) is 5.59. The normalized spacial score (nSPS) is 15.7. The fourth-order valence-corrected chi connectivity index (χ4v) is 3.74. The summed E-state index contributed by atoms with van der Waals surface area (Å²) in [4.78, 5) is 25.8. The number of amides is 3. The second-order valence-corrected chi connectivity index (χ2v) is 7.60. The highest BCUT2D eigenvalue weighted by Gasteiger charge is 2.24. The Labute approximate surface area is 167 Å². The summed E-state index contributed by atoms with van der Waals surface area (Å²) < 4.78 is 0. The summed E-state index contributed by atoms with van der Waals surface area (Å²) in [6.45, 7) is 5.04. The lowest BCUT2D eigenvalue weighted by Crippen LogP contribution is -2.45. The average molecular weight is 380 g/mol. The van der Waals surface area contributed by atoms with Crippen molar-refractivity contribution in [3.63, 3.8) is 0 Å². The van der Waals surface area contributed by atoms with E-state index in [0.29, 0.717) is 5.92 Å². The summed E-state index contributed by atoms with van der Waals surface area (Å²) in [5.74, 6) is 0.533. The number of urea groups is 1. The fourth-order valence-electron chi connectivity index (χ4n) is 3.74. The number of benzene rings is 2. The topological polar surface area (TPSA) is 61.4 Å². The molecule has 148 valence electrons. The van der Waals surface area contributed by atoms with Crippen LogP contribution in [0.25, 0.3) is 0 Å². The van der Waals surface area contributed by atoms with Gasteiger partial charge in [-0.1, -0.05) is 42.5 Å². The van der Waals surface area contributed by atoms with Crippen molar-refractivity contribution in [2.45, 2.75) is 39.2 Å². The molecule has 28 heavy (non-hydrogen) atoms. The molecule has 0 saturated carbocycles. The Kier molecular flexibility index (Phi) is 6.69. The number of nitrogens with zero attached hydrogens (tertiary/aromatic N) is 1. The van der Waals surface area contributed by atoms with Gasteiger partial charge in [0.05, 0.1) is 6.04 Å². The zero-order valence-electron chi connectivity index (χ0n) is 16.7. The Hall–Kier alpha value is -2.82. The molecule has 1 heterocycles. The predicted molar refractivity (Wildman–Crippen MR) is 112 cm³/mol. The summed E-state index contributed by atoms with van der Waals surface area (Å²) in [6.07, 6.45) is 3.16. The van der Waals surface area contributed by atoms with Crippen molar-refractivity contribution in [2.24, 2.45) is 5.92 Å². The Bertz CT molecular complexity index is 799. The number of nitrogens with one attached hydrogen (secondary N) is 2. The van der Waals surface area contributed by atoms with E-state index >= 15 is 0 Å². The van der Waals surface area contributed by atoms with Crippen LogP contribution in [0, 0.1) is 5.92 Å². The lowest BCUT2D eigenvalue weighted by Gasteiger charge is -2.33. The van der Waals surface area contributed by atoms with E-state index in [1.807, 2.05) is 42.2 Å². The molecule has 1 atom stereocenters. The first-order chi connectivity index (χ1) is 13.5. The van der Waals surface area contributed by atoms with Crippen LogP contribution in [0.4, 0.5) is 10.5 Å². The minimum Gasteiger partial charge on any atom is -0.331 e. The van der Waals surface area contributed by atoms with E-state index in [1.165, 1.54) is 12.5 Å². The van der Waals surface area contributed by atoms with Crippen LogP contribution in [0.15, 0.2) is 54.6 Å². The quantitative estimate of drug-likeness (QED) is 0.810. The molecule has 0 aromatic heterocycles. The number of rotatable bonds is 5. The van der Waals surface area contributed by atoms with Gasteiger partial charge in [0.25, 0.3) is 0 Å². The van der Waals surface area contributed by atoms with Gasteiger partial charge in [-0.05, 0) is 55.4 Å². The summed E-state index contributed by atoms with van der Waals surface area (Å²) >= 11 is 0. The highest BCUT2D eigenvalue weighted by Crippen LogP contribution is 2.23. The van der Waals surface area contributed by atoms with Crippen molar-refractivity contribution in [1.29, 1.82) is 0 Å². The first-order valence-electron chi connectivity index (χ1n) is 9.98. The number of carbonyl (C=O) groups excluding carboxylic acids is 2. The third-order valence-corrected chi connectivity index (χ3v) is 5.32. The van der Waals surface area contributed by atoms with Crippen LogP contribution >= 0.6 is 0 Å². The molecule has 2 aromatic carbocycles. The van der Waals surface area contributed by atoms with E-state index in [-0.39, 0.29) is 18.0 Å². The van der Waals surface area contributed by atoms with Gasteiger partial charge in [0.15, 0.2) is 0 Å². The number of anilines is 1. The van der Waals surface area contributed by atoms with Crippen LogP contribution in [0.5, 0.6) is 0 Å². The Balaban J connectivity index is 1.49. The molecule has 5 nitrogen and oxygen atoms in total. The van der Waals surface area contributed by atoms with Crippen LogP contribution in [0.1, 0.15) is 43.9 Å². The maximum Gasteiger partial charge on any atom is 0.317 e. The largest absolute Gasteiger partial charge is 0.331 e. The summed E-state index contributed by atoms with van der Waals surface area (Å²) in [7, 11) is 0. The lowest BCUT2D eigenvalue weighted by atomic mass is 9.90. The van der Waals surface area contributed by atoms with Gasteiger partial charge in [-0.3, -0.25) is 4.79 Å². The first-order valence-corrected chi connectivity index (χ1v) is 9.98. The van der Waals surface area contributed by atoms with E-state index in [4.69, 9.17) is 0 Å². The smallest absolute Gasteiger partial charge is 0.317 e. The van der Waals surface area contributed by atoms with Crippen molar-refractivity contribution in [1.82, 2.24) is 10.2 Å². The van der Waals surface area contributed by atoms with Crippen molar-refractivity contribution < 1.29 is 9.59 Å².